The first kappa shape index (κ1) is 31.4. The second-order valence-corrected chi connectivity index (χ2v) is 8.51. The summed E-state index contributed by atoms with van der Waals surface area (Å²) in [5.41, 5.74) is 12.8. The summed E-state index contributed by atoms with van der Waals surface area (Å²) in [6, 6.07) is 7.10. The summed E-state index contributed by atoms with van der Waals surface area (Å²) in [6.07, 6.45) is 1.90. The van der Waals surface area contributed by atoms with Gasteiger partial charge >= 0.3 is 0 Å². The number of carbonyl (C=O) groups excluding carboxylic acids is 2. The third-order valence-electron chi connectivity index (χ3n) is 5.85. The highest BCUT2D eigenvalue weighted by molar-refractivity contribution is 6.11. The molecule has 14 heteroatoms. The molecule has 0 aromatic heterocycles. The van der Waals surface area contributed by atoms with Gasteiger partial charge in [-0.25, -0.2) is 10.1 Å². The molecule has 216 valence electrons. The van der Waals surface area contributed by atoms with Crippen molar-refractivity contribution in [1.82, 2.24) is 5.01 Å². The zero-order valence-electron chi connectivity index (χ0n) is 23.0. The lowest BCUT2D eigenvalue weighted by Gasteiger charge is -2.16. The number of allylic oxidation sites excluding steroid dienone is 1. The van der Waals surface area contributed by atoms with Crippen molar-refractivity contribution in [2.75, 3.05) is 40.3 Å². The number of nitrogens with zero attached hydrogens (tertiary/aromatic N) is 2. The van der Waals surface area contributed by atoms with Gasteiger partial charge in [0, 0.05) is 5.56 Å². The number of amides is 1. The number of hydrogen-bond acceptors (Lipinski definition) is 10. The number of anilines is 1. The molecule has 1 unspecified atom stereocenters. The Kier molecular flexibility index (Phi) is 11.2. The highest BCUT2D eigenvalue weighted by Crippen LogP contribution is 2.38. The van der Waals surface area contributed by atoms with Crippen LogP contribution in [0.1, 0.15) is 35.7 Å². The monoisotopic (exact) mass is 558 g/mol. The summed E-state index contributed by atoms with van der Waals surface area (Å²) >= 11 is 0. The largest absolute Gasteiger partial charge is 0.495 e. The molecule has 6 N–H and O–H groups in total. The minimum absolute atomic E-state index is 0.105. The van der Waals surface area contributed by atoms with Crippen molar-refractivity contribution < 1.29 is 33.6 Å². The van der Waals surface area contributed by atoms with E-state index < -0.39 is 22.9 Å². The first-order valence-electron chi connectivity index (χ1n) is 12.0. The number of benzene rings is 2. The SMILES string of the molecule is COc1ccc(C=C(C)C(=O)c2cc(OC)c(OC)c(OC)c2)cc1NC(=O)C(N)CCCN(C(=N)N)[N+](=O)[O-]. The van der Waals surface area contributed by atoms with Crippen LogP contribution < -0.4 is 35.7 Å². The second kappa shape index (κ2) is 14.3. The average molecular weight is 559 g/mol. The number of hydrogen-bond donors (Lipinski definition) is 4. The minimum Gasteiger partial charge on any atom is -0.495 e. The van der Waals surface area contributed by atoms with E-state index in [4.69, 9.17) is 35.8 Å². The number of hydrazine groups is 1. The van der Waals surface area contributed by atoms with Crippen LogP contribution in [0.4, 0.5) is 5.69 Å². The van der Waals surface area contributed by atoms with Gasteiger partial charge in [-0.15, -0.1) is 0 Å². The molecule has 0 saturated carbocycles. The minimum atomic E-state index is -0.993. The number of rotatable bonds is 14. The van der Waals surface area contributed by atoms with Gasteiger partial charge in [0.2, 0.25) is 11.7 Å². The van der Waals surface area contributed by atoms with E-state index in [0.717, 1.165) is 0 Å². The number of ketones is 1. The average Bonchev–Trinajstić information content (AvgIpc) is 2.93. The maximum atomic E-state index is 13.2. The topological polar surface area (TPSA) is 205 Å². The molecule has 0 aliphatic heterocycles. The first-order chi connectivity index (χ1) is 19.0. The van der Waals surface area contributed by atoms with Gasteiger partial charge in [-0.3, -0.25) is 15.0 Å². The van der Waals surface area contributed by atoms with Crippen molar-refractivity contribution >= 4 is 29.4 Å². The Hall–Kier alpha value is -4.85. The molecule has 0 spiro atoms. The van der Waals surface area contributed by atoms with Crippen LogP contribution >= 0.6 is 0 Å². The Morgan fingerprint density at radius 3 is 2.17 bits per heavy atom. The fourth-order valence-corrected chi connectivity index (χ4v) is 3.78. The molecule has 1 atom stereocenters. The van der Waals surface area contributed by atoms with Crippen molar-refractivity contribution in [2.45, 2.75) is 25.8 Å². The van der Waals surface area contributed by atoms with Crippen LogP contribution in [0.5, 0.6) is 23.0 Å². The third-order valence-corrected chi connectivity index (χ3v) is 5.85. The molecule has 0 saturated heterocycles. The normalized spacial score (nSPS) is 11.7. The highest BCUT2D eigenvalue weighted by atomic mass is 16.7. The zero-order valence-corrected chi connectivity index (χ0v) is 23.0. The van der Waals surface area contributed by atoms with E-state index in [1.807, 2.05) is 0 Å². The first-order valence-corrected chi connectivity index (χ1v) is 12.0. The molecule has 14 nitrogen and oxygen atoms in total. The third kappa shape index (κ3) is 7.83. The van der Waals surface area contributed by atoms with Crippen molar-refractivity contribution in [2.24, 2.45) is 11.5 Å². The molecule has 2 rings (SSSR count). The molecule has 2 aromatic rings. The Morgan fingerprint density at radius 1 is 1.07 bits per heavy atom. The zero-order chi connectivity index (χ0) is 30.0. The molecule has 1 amide bonds. The van der Waals surface area contributed by atoms with Gasteiger partial charge in [0.25, 0.3) is 5.96 Å². The van der Waals surface area contributed by atoms with E-state index in [1.165, 1.54) is 28.4 Å². The lowest BCUT2D eigenvalue weighted by atomic mass is 10.0. The standard InChI is InChI=1S/C26H34N6O8/c1-15(23(33)17-13-21(38-3)24(40-5)22(14-17)39-4)11-16-8-9-20(37-2)19(12-16)30-25(34)18(27)7-6-10-31(26(28)29)32(35)36/h8-9,11-14,18H,6-7,10,27H2,1-5H3,(H3,28,29)(H,30,34). The van der Waals surface area contributed by atoms with Crippen LogP contribution in [0.25, 0.3) is 6.08 Å². The molecule has 0 bridgehead atoms. The summed E-state index contributed by atoms with van der Waals surface area (Å²) in [7, 11) is 5.83. The Bertz CT molecular complexity index is 1260. The maximum Gasteiger partial charge on any atom is 0.251 e. The number of Topliss-reactive ketones (excluding diaryl/α,β-unsaturated/α-hetero) is 1. The summed E-state index contributed by atoms with van der Waals surface area (Å²) in [4.78, 5) is 36.8. The van der Waals surface area contributed by atoms with Crippen LogP contribution in [-0.4, -0.2) is 68.7 Å². The summed E-state index contributed by atoms with van der Waals surface area (Å²) in [6.45, 7) is 1.48. The number of ether oxygens (including phenoxy) is 4. The summed E-state index contributed by atoms with van der Waals surface area (Å²) < 4.78 is 21.3. The number of nitro groups is 1. The van der Waals surface area contributed by atoms with E-state index >= 15 is 0 Å². The molecule has 0 heterocycles. The quantitative estimate of drug-likeness (QED) is 0.0661. The van der Waals surface area contributed by atoms with Gasteiger partial charge in [0.15, 0.2) is 22.3 Å². The van der Waals surface area contributed by atoms with Crippen molar-refractivity contribution in [3.05, 3.63) is 57.1 Å². The number of carbonyl (C=O) groups is 2. The number of nitrogens with one attached hydrogen (secondary N) is 2. The van der Waals surface area contributed by atoms with Gasteiger partial charge in [-0.2, -0.15) is 0 Å². The van der Waals surface area contributed by atoms with Crippen LogP contribution in [-0.2, 0) is 4.79 Å². The van der Waals surface area contributed by atoms with E-state index in [2.05, 4.69) is 5.32 Å². The number of guanidine groups is 1. The second-order valence-electron chi connectivity index (χ2n) is 8.51. The smallest absolute Gasteiger partial charge is 0.251 e. The number of nitrogens with two attached hydrogens (primary N) is 2. The predicted octanol–water partition coefficient (Wildman–Crippen LogP) is 2.44. The fourth-order valence-electron chi connectivity index (χ4n) is 3.78. The summed E-state index contributed by atoms with van der Waals surface area (Å²) in [5, 5.41) is 20.5. The fraction of sp³-hybridized carbons (Fsp3) is 0.346. The molecular weight excluding hydrogens is 524 g/mol. The van der Waals surface area contributed by atoms with Gasteiger partial charge in [-0.1, -0.05) is 11.1 Å². The lowest BCUT2D eigenvalue weighted by Crippen LogP contribution is -2.42. The highest BCUT2D eigenvalue weighted by Gasteiger charge is 2.21. The van der Waals surface area contributed by atoms with Crippen molar-refractivity contribution in [1.29, 1.82) is 5.41 Å². The van der Waals surface area contributed by atoms with Crippen LogP contribution in [0.15, 0.2) is 35.9 Å². The van der Waals surface area contributed by atoms with Gasteiger partial charge < -0.3 is 35.7 Å². The molecule has 40 heavy (non-hydrogen) atoms. The van der Waals surface area contributed by atoms with Crippen molar-refractivity contribution in [3.8, 4) is 23.0 Å². The van der Waals surface area contributed by atoms with Crippen LogP contribution in [0.3, 0.4) is 0 Å². The molecule has 0 aliphatic carbocycles. The van der Waals surface area contributed by atoms with Crippen LogP contribution in [0, 0.1) is 15.5 Å². The number of methoxy groups -OCH3 is 4. The Balaban J connectivity index is 2.21. The Morgan fingerprint density at radius 2 is 1.68 bits per heavy atom. The molecule has 2 aromatic carbocycles. The molecule has 0 radical (unpaired) electrons. The molecule has 0 fully saturated rings. The van der Waals surface area contributed by atoms with E-state index in [9.17, 15) is 19.7 Å². The predicted molar refractivity (Wildman–Crippen MR) is 149 cm³/mol. The molecule has 0 aliphatic rings. The van der Waals surface area contributed by atoms with E-state index in [-0.39, 0.29) is 25.2 Å². The Labute approximate surface area is 231 Å². The maximum absolute atomic E-state index is 13.2. The lowest BCUT2D eigenvalue weighted by molar-refractivity contribution is -0.629. The van der Waals surface area contributed by atoms with E-state index in [0.29, 0.717) is 50.4 Å². The van der Waals surface area contributed by atoms with Crippen LogP contribution in [0.2, 0.25) is 0 Å². The van der Waals surface area contributed by atoms with Gasteiger partial charge in [0.1, 0.15) is 5.75 Å². The molecular formula is C26H34N6O8. The van der Waals surface area contributed by atoms with Crippen molar-refractivity contribution in [3.63, 3.8) is 0 Å². The van der Waals surface area contributed by atoms with Gasteiger partial charge in [-0.05, 0) is 61.2 Å². The van der Waals surface area contributed by atoms with E-state index in [1.54, 1.807) is 43.3 Å². The summed E-state index contributed by atoms with van der Waals surface area (Å²) in [5.74, 6) is -0.116. The van der Waals surface area contributed by atoms with Gasteiger partial charge in [0.05, 0.1) is 46.7 Å².